The van der Waals surface area contributed by atoms with Gasteiger partial charge in [0, 0.05) is 69.3 Å². The van der Waals surface area contributed by atoms with Crippen molar-refractivity contribution in [1.82, 2.24) is 25.6 Å². The van der Waals surface area contributed by atoms with E-state index < -0.39 is 30.1 Å². The normalized spacial score (nSPS) is 22.2. The van der Waals surface area contributed by atoms with E-state index in [0.29, 0.717) is 43.0 Å². The van der Waals surface area contributed by atoms with E-state index in [4.69, 9.17) is 5.26 Å². The van der Waals surface area contributed by atoms with Gasteiger partial charge in [0.25, 0.3) is 5.91 Å². The molecule has 3 aliphatic rings. The van der Waals surface area contributed by atoms with Gasteiger partial charge in [-0.2, -0.15) is 18.4 Å². The number of hydrazine groups is 1. The molecule has 3 aromatic rings. The number of piperazine rings is 1. The molecule has 0 spiro atoms. The standard InChI is InChI=1S/C31H31F3N8O2/c32-31(33,34)28-26(18-38-39-29(28)43)42-19-22-4-1-2-7-24(22)25(42)17-36-23-6-3-5-21(14-23)30(44)41-12-10-40(11-13-41)27-9-8-20(15-35)16-37-27/h1-9,14,16,25-26,28,36,38H,10-13,17-19H2,(H,39,43). The number of anilines is 2. The molecule has 13 heteroatoms. The van der Waals surface area contributed by atoms with Crippen molar-refractivity contribution in [3.63, 3.8) is 0 Å². The van der Waals surface area contributed by atoms with Crippen molar-refractivity contribution in [2.24, 2.45) is 5.92 Å². The number of halogens is 3. The van der Waals surface area contributed by atoms with Gasteiger partial charge < -0.3 is 15.1 Å². The van der Waals surface area contributed by atoms with Crippen molar-refractivity contribution in [2.45, 2.75) is 24.8 Å². The van der Waals surface area contributed by atoms with Gasteiger partial charge in [0.2, 0.25) is 5.91 Å². The summed E-state index contributed by atoms with van der Waals surface area (Å²) in [7, 11) is 0. The number of nitrogens with one attached hydrogen (secondary N) is 3. The maximum atomic E-state index is 14.0. The van der Waals surface area contributed by atoms with Crippen molar-refractivity contribution in [3.8, 4) is 6.07 Å². The van der Waals surface area contributed by atoms with Gasteiger partial charge >= 0.3 is 6.18 Å². The number of alkyl halides is 3. The maximum absolute atomic E-state index is 14.0. The monoisotopic (exact) mass is 604 g/mol. The molecule has 4 heterocycles. The second-order valence-electron chi connectivity index (χ2n) is 11.1. The lowest BCUT2D eigenvalue weighted by Gasteiger charge is -2.41. The summed E-state index contributed by atoms with van der Waals surface area (Å²) in [6.45, 7) is 2.76. The number of carbonyl (C=O) groups is 2. The average Bonchev–Trinajstić information content (AvgIpc) is 3.41. The predicted octanol–water partition coefficient (Wildman–Crippen LogP) is 3.07. The van der Waals surface area contributed by atoms with Crippen molar-refractivity contribution in [2.75, 3.05) is 49.5 Å². The minimum absolute atomic E-state index is 0.0428. The molecule has 3 aliphatic heterocycles. The van der Waals surface area contributed by atoms with Crippen LogP contribution in [-0.4, -0.2) is 78.1 Å². The summed E-state index contributed by atoms with van der Waals surface area (Å²) in [5.74, 6) is -2.59. The average molecular weight is 605 g/mol. The molecule has 2 aromatic carbocycles. The summed E-state index contributed by atoms with van der Waals surface area (Å²) in [4.78, 5) is 35.7. The number of pyridine rings is 1. The van der Waals surface area contributed by atoms with Crippen LogP contribution in [-0.2, 0) is 11.3 Å². The number of amides is 2. The van der Waals surface area contributed by atoms with Crippen molar-refractivity contribution in [1.29, 1.82) is 5.26 Å². The van der Waals surface area contributed by atoms with Gasteiger partial charge in [-0.05, 0) is 41.5 Å². The summed E-state index contributed by atoms with van der Waals surface area (Å²) in [5, 5.41) is 12.3. The zero-order valence-electron chi connectivity index (χ0n) is 23.7. The van der Waals surface area contributed by atoms with Crippen LogP contribution in [0.4, 0.5) is 24.7 Å². The third kappa shape index (κ3) is 5.91. The molecule has 2 amide bonds. The fourth-order valence-electron chi connectivity index (χ4n) is 6.29. The summed E-state index contributed by atoms with van der Waals surface area (Å²) in [6, 6.07) is 18.7. The van der Waals surface area contributed by atoms with E-state index in [-0.39, 0.29) is 25.5 Å². The zero-order valence-corrected chi connectivity index (χ0v) is 23.7. The number of hydrogen-bond acceptors (Lipinski definition) is 8. The first-order valence-corrected chi connectivity index (χ1v) is 14.4. The molecule has 2 fully saturated rings. The predicted molar refractivity (Wildman–Crippen MR) is 156 cm³/mol. The lowest BCUT2D eigenvalue weighted by atomic mass is 9.94. The van der Waals surface area contributed by atoms with Crippen LogP contribution in [0, 0.1) is 17.2 Å². The Morgan fingerprint density at radius 2 is 1.86 bits per heavy atom. The van der Waals surface area contributed by atoms with E-state index in [1.54, 1.807) is 40.1 Å². The van der Waals surface area contributed by atoms with E-state index in [1.165, 1.54) is 6.20 Å². The molecule has 2 saturated heterocycles. The van der Waals surface area contributed by atoms with E-state index >= 15 is 0 Å². The minimum Gasteiger partial charge on any atom is -0.383 e. The van der Waals surface area contributed by atoms with Gasteiger partial charge in [-0.25, -0.2) is 10.4 Å². The quantitative estimate of drug-likeness (QED) is 0.393. The van der Waals surface area contributed by atoms with Gasteiger partial charge in [-0.3, -0.25) is 19.9 Å². The van der Waals surface area contributed by atoms with E-state index in [1.807, 2.05) is 30.3 Å². The highest BCUT2D eigenvalue weighted by atomic mass is 19.4. The number of nitriles is 1. The molecule has 10 nitrogen and oxygen atoms in total. The first kappa shape index (κ1) is 29.4. The van der Waals surface area contributed by atoms with Crippen LogP contribution in [0.3, 0.4) is 0 Å². The first-order chi connectivity index (χ1) is 21.2. The highest BCUT2D eigenvalue weighted by Crippen LogP contribution is 2.41. The SMILES string of the molecule is N#Cc1ccc(N2CCN(C(=O)c3cccc(NCC4c5ccccc5CN4C4CNNC(=O)C4C(F)(F)F)c3)CC2)nc1. The molecular weight excluding hydrogens is 573 g/mol. The number of fused-ring (bicyclic) bond motifs is 1. The molecule has 6 rings (SSSR count). The van der Waals surface area contributed by atoms with Crippen LogP contribution in [0.2, 0.25) is 0 Å². The summed E-state index contributed by atoms with van der Waals surface area (Å²) < 4.78 is 42.1. The number of benzene rings is 2. The van der Waals surface area contributed by atoms with Crippen LogP contribution < -0.4 is 21.1 Å². The Morgan fingerprint density at radius 1 is 1.07 bits per heavy atom. The Morgan fingerprint density at radius 3 is 2.59 bits per heavy atom. The fraction of sp³-hybridized carbons (Fsp3) is 0.355. The summed E-state index contributed by atoms with van der Waals surface area (Å²) in [5.41, 5.74) is 8.28. The van der Waals surface area contributed by atoms with Crippen molar-refractivity contribution < 1.29 is 22.8 Å². The van der Waals surface area contributed by atoms with Crippen LogP contribution in [0.5, 0.6) is 0 Å². The number of nitrogens with zero attached hydrogens (tertiary/aromatic N) is 5. The molecule has 0 radical (unpaired) electrons. The molecular formula is C31H31F3N8O2. The number of hydrogen-bond donors (Lipinski definition) is 3. The lowest BCUT2D eigenvalue weighted by molar-refractivity contribution is -0.202. The Balaban J connectivity index is 1.13. The van der Waals surface area contributed by atoms with E-state index in [0.717, 1.165) is 16.9 Å². The van der Waals surface area contributed by atoms with E-state index in [9.17, 15) is 22.8 Å². The Labute approximate surface area is 252 Å². The van der Waals surface area contributed by atoms with Gasteiger partial charge in [-0.15, -0.1) is 0 Å². The molecule has 3 unspecified atom stereocenters. The van der Waals surface area contributed by atoms with Gasteiger partial charge in [0.15, 0.2) is 5.92 Å². The Hall–Kier alpha value is -4.67. The van der Waals surface area contributed by atoms with Gasteiger partial charge in [0.05, 0.1) is 11.6 Å². The van der Waals surface area contributed by atoms with Gasteiger partial charge in [-0.1, -0.05) is 30.3 Å². The minimum atomic E-state index is -4.69. The smallest absolute Gasteiger partial charge is 0.383 e. The third-order valence-electron chi connectivity index (χ3n) is 8.51. The van der Waals surface area contributed by atoms with Crippen LogP contribution in [0.1, 0.15) is 33.1 Å². The van der Waals surface area contributed by atoms with Crippen LogP contribution >= 0.6 is 0 Å². The second-order valence-corrected chi connectivity index (χ2v) is 11.1. The highest BCUT2D eigenvalue weighted by Gasteiger charge is 2.54. The first-order valence-electron chi connectivity index (χ1n) is 14.4. The third-order valence-corrected chi connectivity index (χ3v) is 8.51. The topological polar surface area (TPSA) is 117 Å². The Kier molecular flexibility index (Phi) is 8.11. The largest absolute Gasteiger partial charge is 0.402 e. The highest BCUT2D eigenvalue weighted by molar-refractivity contribution is 5.95. The molecule has 1 aromatic heterocycles. The summed E-state index contributed by atoms with van der Waals surface area (Å²) >= 11 is 0. The molecule has 0 aliphatic carbocycles. The summed E-state index contributed by atoms with van der Waals surface area (Å²) in [6.07, 6.45) is -3.16. The zero-order chi connectivity index (χ0) is 30.8. The number of carbonyl (C=O) groups excluding carboxylic acids is 2. The van der Waals surface area contributed by atoms with Crippen molar-refractivity contribution >= 4 is 23.3 Å². The van der Waals surface area contributed by atoms with E-state index in [2.05, 4.69) is 32.1 Å². The maximum Gasteiger partial charge on any atom is 0.402 e. The van der Waals surface area contributed by atoms with Gasteiger partial charge in [0.1, 0.15) is 11.9 Å². The van der Waals surface area contributed by atoms with Crippen LogP contribution in [0.25, 0.3) is 0 Å². The lowest BCUT2D eigenvalue weighted by Crippen LogP contribution is -2.64. The Bertz CT molecular complexity index is 1570. The molecule has 0 bridgehead atoms. The number of rotatable bonds is 6. The molecule has 44 heavy (non-hydrogen) atoms. The number of aromatic nitrogens is 1. The molecule has 3 N–H and O–H groups in total. The van der Waals surface area contributed by atoms with Crippen LogP contribution in [0.15, 0.2) is 66.9 Å². The fourth-order valence-corrected chi connectivity index (χ4v) is 6.29. The second kappa shape index (κ2) is 12.1. The van der Waals surface area contributed by atoms with Crippen molar-refractivity contribution in [3.05, 3.63) is 89.1 Å². The molecule has 228 valence electrons. The molecule has 0 saturated carbocycles. The molecule has 3 atom stereocenters.